The van der Waals surface area contributed by atoms with Gasteiger partial charge < -0.3 is 19.9 Å². The van der Waals surface area contributed by atoms with Crippen LogP contribution >= 0.6 is 0 Å². The Kier molecular flexibility index (Phi) is 4.24. The predicted octanol–water partition coefficient (Wildman–Crippen LogP) is 2.43. The topological polar surface area (TPSA) is 79.5 Å². The molecule has 2 N–H and O–H groups in total. The molecular formula is C14H17N3O3. The molecule has 1 aromatic heterocycles. The van der Waals surface area contributed by atoms with E-state index in [2.05, 4.69) is 16.9 Å². The molecule has 0 atom stereocenters. The lowest BCUT2D eigenvalue weighted by Crippen LogP contribution is -2.01. The lowest BCUT2D eigenvalue weighted by molar-refractivity contribution is 0.348. The van der Waals surface area contributed by atoms with Crippen molar-refractivity contribution in [2.75, 3.05) is 20.0 Å². The maximum atomic E-state index is 5.72. The second-order valence-electron chi connectivity index (χ2n) is 4.04. The van der Waals surface area contributed by atoms with Gasteiger partial charge in [0.05, 0.1) is 14.2 Å². The molecule has 2 rings (SSSR count). The molecule has 0 saturated carbocycles. The predicted molar refractivity (Wildman–Crippen MR) is 75.4 cm³/mol. The van der Waals surface area contributed by atoms with Crippen molar-refractivity contribution in [1.29, 1.82) is 0 Å². The van der Waals surface area contributed by atoms with Crippen LogP contribution in [0, 0.1) is 0 Å². The summed E-state index contributed by atoms with van der Waals surface area (Å²) >= 11 is 0. The van der Waals surface area contributed by atoms with Crippen molar-refractivity contribution in [3.05, 3.63) is 30.1 Å². The van der Waals surface area contributed by atoms with Crippen LogP contribution in [0.25, 0.3) is 0 Å². The minimum atomic E-state index is 0.224. The largest absolute Gasteiger partial charge is 0.493 e. The highest BCUT2D eigenvalue weighted by atomic mass is 16.5. The van der Waals surface area contributed by atoms with Gasteiger partial charge in [-0.2, -0.15) is 4.98 Å². The van der Waals surface area contributed by atoms with Gasteiger partial charge in [0.15, 0.2) is 17.3 Å². The highest BCUT2D eigenvalue weighted by Crippen LogP contribution is 2.37. The fourth-order valence-electron chi connectivity index (χ4n) is 1.76. The molecule has 6 nitrogen and oxygen atoms in total. The van der Waals surface area contributed by atoms with Gasteiger partial charge in [-0.25, -0.2) is 4.98 Å². The average Bonchev–Trinajstić information content (AvgIpc) is 2.48. The first-order valence-corrected chi connectivity index (χ1v) is 6.18. The van der Waals surface area contributed by atoms with Crippen LogP contribution < -0.4 is 19.9 Å². The lowest BCUT2D eigenvalue weighted by Gasteiger charge is -2.13. The Hall–Kier alpha value is -2.50. The van der Waals surface area contributed by atoms with Gasteiger partial charge in [0, 0.05) is 0 Å². The highest BCUT2D eigenvalue weighted by Gasteiger charge is 2.14. The van der Waals surface area contributed by atoms with Gasteiger partial charge in [-0.05, 0) is 24.1 Å². The molecule has 2 aromatic rings. The monoisotopic (exact) mass is 275 g/mol. The van der Waals surface area contributed by atoms with Gasteiger partial charge in [-0.3, -0.25) is 0 Å². The van der Waals surface area contributed by atoms with E-state index in [0.717, 1.165) is 12.0 Å². The molecule has 0 fully saturated rings. The van der Waals surface area contributed by atoms with Gasteiger partial charge in [0.1, 0.15) is 6.33 Å². The van der Waals surface area contributed by atoms with Crippen molar-refractivity contribution >= 4 is 5.82 Å². The first-order valence-electron chi connectivity index (χ1n) is 6.18. The zero-order valence-corrected chi connectivity index (χ0v) is 11.7. The van der Waals surface area contributed by atoms with Crippen LogP contribution in [0.2, 0.25) is 0 Å². The average molecular weight is 275 g/mol. The summed E-state index contributed by atoms with van der Waals surface area (Å²) in [5.41, 5.74) is 6.87. The fourth-order valence-corrected chi connectivity index (χ4v) is 1.76. The smallest absolute Gasteiger partial charge is 0.268 e. The van der Waals surface area contributed by atoms with E-state index >= 15 is 0 Å². The molecule has 0 aliphatic rings. The number of hydrogen-bond donors (Lipinski definition) is 1. The van der Waals surface area contributed by atoms with E-state index < -0.39 is 0 Å². The normalized spacial score (nSPS) is 10.2. The molecule has 20 heavy (non-hydrogen) atoms. The lowest BCUT2D eigenvalue weighted by atomic mass is 10.1. The molecule has 1 aromatic carbocycles. The third-order valence-electron chi connectivity index (χ3n) is 2.85. The van der Waals surface area contributed by atoms with Crippen molar-refractivity contribution in [1.82, 2.24) is 9.97 Å². The Balaban J connectivity index is 2.37. The SMILES string of the molecule is CCc1ccc(Oc2ncnc(N)c2OC)c(OC)c1. The summed E-state index contributed by atoms with van der Waals surface area (Å²) in [6.45, 7) is 2.07. The van der Waals surface area contributed by atoms with E-state index in [1.54, 1.807) is 7.11 Å². The second kappa shape index (κ2) is 6.10. The van der Waals surface area contributed by atoms with Crippen molar-refractivity contribution in [2.24, 2.45) is 0 Å². The fraction of sp³-hybridized carbons (Fsp3) is 0.286. The quantitative estimate of drug-likeness (QED) is 0.902. The Morgan fingerprint density at radius 3 is 2.55 bits per heavy atom. The number of aryl methyl sites for hydroxylation is 1. The molecular weight excluding hydrogens is 258 g/mol. The summed E-state index contributed by atoms with van der Waals surface area (Å²) < 4.78 is 16.2. The number of aromatic nitrogens is 2. The van der Waals surface area contributed by atoms with E-state index in [1.165, 1.54) is 13.4 Å². The zero-order chi connectivity index (χ0) is 14.5. The standard InChI is InChI=1S/C14H17N3O3/c1-4-9-5-6-10(11(7-9)18-2)20-14-12(19-3)13(15)16-8-17-14/h5-8H,4H2,1-3H3,(H2,15,16,17). The molecule has 0 spiro atoms. The Bertz CT molecular complexity index is 602. The number of rotatable bonds is 5. The molecule has 106 valence electrons. The number of anilines is 1. The van der Waals surface area contributed by atoms with Crippen molar-refractivity contribution in [3.8, 4) is 23.1 Å². The zero-order valence-electron chi connectivity index (χ0n) is 11.7. The minimum Gasteiger partial charge on any atom is -0.493 e. The minimum absolute atomic E-state index is 0.224. The number of nitrogens with zero attached hydrogens (tertiary/aromatic N) is 2. The van der Waals surface area contributed by atoms with Crippen LogP contribution in [-0.2, 0) is 6.42 Å². The van der Waals surface area contributed by atoms with Gasteiger partial charge in [-0.1, -0.05) is 13.0 Å². The van der Waals surface area contributed by atoms with Crippen LogP contribution in [-0.4, -0.2) is 24.2 Å². The van der Waals surface area contributed by atoms with E-state index in [1.807, 2.05) is 18.2 Å². The number of nitrogens with two attached hydrogens (primary N) is 1. The molecule has 0 radical (unpaired) electrons. The maximum absolute atomic E-state index is 5.72. The number of hydrogen-bond acceptors (Lipinski definition) is 6. The number of benzene rings is 1. The van der Waals surface area contributed by atoms with Crippen LogP contribution in [0.3, 0.4) is 0 Å². The first-order chi connectivity index (χ1) is 9.69. The third kappa shape index (κ3) is 2.74. The molecule has 0 aliphatic carbocycles. The summed E-state index contributed by atoms with van der Waals surface area (Å²) in [7, 11) is 3.08. The van der Waals surface area contributed by atoms with Gasteiger partial charge in [0.25, 0.3) is 5.88 Å². The van der Waals surface area contributed by atoms with Crippen LogP contribution in [0.1, 0.15) is 12.5 Å². The van der Waals surface area contributed by atoms with Crippen LogP contribution in [0.15, 0.2) is 24.5 Å². The number of ether oxygens (including phenoxy) is 3. The van der Waals surface area contributed by atoms with Gasteiger partial charge in [0.2, 0.25) is 5.75 Å². The summed E-state index contributed by atoms with van der Waals surface area (Å²) in [4.78, 5) is 7.88. The van der Waals surface area contributed by atoms with Gasteiger partial charge >= 0.3 is 0 Å². The Morgan fingerprint density at radius 2 is 1.90 bits per heavy atom. The van der Waals surface area contributed by atoms with E-state index in [0.29, 0.717) is 17.2 Å². The second-order valence-corrected chi connectivity index (χ2v) is 4.04. The molecule has 0 amide bonds. The molecule has 0 saturated heterocycles. The van der Waals surface area contributed by atoms with E-state index in [4.69, 9.17) is 19.9 Å². The van der Waals surface area contributed by atoms with E-state index in [9.17, 15) is 0 Å². The molecule has 6 heteroatoms. The highest BCUT2D eigenvalue weighted by molar-refractivity contribution is 5.54. The van der Waals surface area contributed by atoms with Crippen LogP contribution in [0.4, 0.5) is 5.82 Å². The molecule has 0 unspecified atom stereocenters. The van der Waals surface area contributed by atoms with Crippen molar-refractivity contribution in [2.45, 2.75) is 13.3 Å². The summed E-state index contributed by atoms with van der Waals surface area (Å²) in [6.07, 6.45) is 2.24. The van der Waals surface area contributed by atoms with Gasteiger partial charge in [-0.15, -0.1) is 0 Å². The van der Waals surface area contributed by atoms with Crippen molar-refractivity contribution < 1.29 is 14.2 Å². The van der Waals surface area contributed by atoms with Crippen LogP contribution in [0.5, 0.6) is 23.1 Å². The first kappa shape index (κ1) is 13.9. The van der Waals surface area contributed by atoms with E-state index in [-0.39, 0.29) is 11.7 Å². The summed E-state index contributed by atoms with van der Waals surface area (Å²) in [6, 6.07) is 5.72. The number of nitrogen functional groups attached to an aromatic ring is 1. The molecule has 0 aliphatic heterocycles. The molecule has 0 bridgehead atoms. The van der Waals surface area contributed by atoms with Crippen molar-refractivity contribution in [3.63, 3.8) is 0 Å². The summed E-state index contributed by atoms with van der Waals surface area (Å²) in [5.74, 6) is 1.95. The maximum Gasteiger partial charge on any atom is 0.268 e. The Morgan fingerprint density at radius 1 is 1.10 bits per heavy atom. The summed E-state index contributed by atoms with van der Waals surface area (Å²) in [5, 5.41) is 0. The molecule has 1 heterocycles. The number of methoxy groups -OCH3 is 2. The Labute approximate surface area is 117 Å². The third-order valence-corrected chi connectivity index (χ3v) is 2.85.